The topological polar surface area (TPSA) is 29.5 Å². The third kappa shape index (κ3) is 4.42. The number of likely N-dealkylation sites (tertiary alicyclic amines) is 1. The Hall–Kier alpha value is -2.13. The molecular weight excluding hydrogens is 286 g/mol. The molecule has 3 nitrogen and oxygen atoms in total. The van der Waals surface area contributed by atoms with Gasteiger partial charge >= 0.3 is 0 Å². The number of piperidine rings is 1. The highest BCUT2D eigenvalue weighted by Gasteiger charge is 2.24. The first kappa shape index (κ1) is 15.8. The fraction of sp³-hybridized carbons (Fsp3) is 0.350. The van der Waals surface area contributed by atoms with Crippen LogP contribution in [-0.4, -0.2) is 30.5 Å². The normalized spacial score (nSPS) is 17.9. The zero-order valence-corrected chi connectivity index (χ0v) is 13.4. The molecule has 0 bridgehead atoms. The average Bonchev–Trinajstić information content (AvgIpc) is 2.63. The van der Waals surface area contributed by atoms with E-state index in [4.69, 9.17) is 4.74 Å². The van der Waals surface area contributed by atoms with Crippen molar-refractivity contribution in [1.29, 1.82) is 0 Å². The van der Waals surface area contributed by atoms with Gasteiger partial charge in [-0.15, -0.1) is 0 Å². The van der Waals surface area contributed by atoms with Crippen molar-refractivity contribution in [3.05, 3.63) is 71.8 Å². The standard InChI is InChI=1S/C20H23NO2/c22-20(16-23-15-17-8-3-1-4-9-17)21-13-7-12-19(14-21)18-10-5-2-6-11-18/h1-6,8-11,19H,7,12-16H2. The Kier molecular flexibility index (Phi) is 5.43. The first-order valence-electron chi connectivity index (χ1n) is 8.27. The molecule has 1 aliphatic rings. The Bertz CT molecular complexity index is 612. The predicted octanol–water partition coefficient (Wildman–Crippen LogP) is 3.61. The van der Waals surface area contributed by atoms with Gasteiger partial charge in [-0.25, -0.2) is 0 Å². The summed E-state index contributed by atoms with van der Waals surface area (Å²) in [7, 11) is 0. The second kappa shape index (κ2) is 7.93. The van der Waals surface area contributed by atoms with Crippen molar-refractivity contribution < 1.29 is 9.53 Å². The molecule has 0 N–H and O–H groups in total. The van der Waals surface area contributed by atoms with Crippen molar-refractivity contribution in [3.8, 4) is 0 Å². The highest BCUT2D eigenvalue weighted by Crippen LogP contribution is 2.26. The molecule has 3 rings (SSSR count). The van der Waals surface area contributed by atoms with Crippen LogP contribution in [0.3, 0.4) is 0 Å². The maximum Gasteiger partial charge on any atom is 0.248 e. The zero-order valence-electron chi connectivity index (χ0n) is 13.4. The second-order valence-electron chi connectivity index (χ2n) is 6.07. The summed E-state index contributed by atoms with van der Waals surface area (Å²) >= 11 is 0. The third-order valence-corrected chi connectivity index (χ3v) is 4.38. The fourth-order valence-electron chi connectivity index (χ4n) is 3.12. The molecule has 1 aliphatic heterocycles. The number of rotatable bonds is 5. The van der Waals surface area contributed by atoms with Gasteiger partial charge in [0, 0.05) is 19.0 Å². The Morgan fingerprint density at radius 2 is 1.74 bits per heavy atom. The summed E-state index contributed by atoms with van der Waals surface area (Å²) in [6, 6.07) is 20.4. The molecule has 1 fully saturated rings. The molecule has 1 saturated heterocycles. The highest BCUT2D eigenvalue weighted by atomic mass is 16.5. The molecule has 3 heteroatoms. The maximum absolute atomic E-state index is 12.4. The van der Waals surface area contributed by atoms with Crippen LogP contribution in [0, 0.1) is 0 Å². The Morgan fingerprint density at radius 3 is 2.48 bits per heavy atom. The van der Waals surface area contributed by atoms with Gasteiger partial charge in [-0.3, -0.25) is 4.79 Å². The molecule has 0 spiro atoms. The summed E-state index contributed by atoms with van der Waals surface area (Å²) in [6.45, 7) is 2.30. The van der Waals surface area contributed by atoms with E-state index in [9.17, 15) is 4.79 Å². The van der Waals surface area contributed by atoms with Crippen LogP contribution in [0.15, 0.2) is 60.7 Å². The first-order valence-corrected chi connectivity index (χ1v) is 8.27. The van der Waals surface area contributed by atoms with Gasteiger partial charge in [0.05, 0.1) is 6.61 Å². The summed E-state index contributed by atoms with van der Waals surface area (Å²) in [4.78, 5) is 14.3. The van der Waals surface area contributed by atoms with E-state index in [0.717, 1.165) is 31.5 Å². The summed E-state index contributed by atoms with van der Waals surface area (Å²) in [5.41, 5.74) is 2.43. The van der Waals surface area contributed by atoms with E-state index >= 15 is 0 Å². The lowest BCUT2D eigenvalue weighted by Gasteiger charge is -2.33. The lowest BCUT2D eigenvalue weighted by molar-refractivity contribution is -0.137. The van der Waals surface area contributed by atoms with Gasteiger partial charge in [-0.1, -0.05) is 60.7 Å². The van der Waals surface area contributed by atoms with Crippen molar-refractivity contribution >= 4 is 5.91 Å². The number of carbonyl (C=O) groups excluding carboxylic acids is 1. The van der Waals surface area contributed by atoms with Crippen LogP contribution in [0.1, 0.15) is 29.9 Å². The lowest BCUT2D eigenvalue weighted by atomic mass is 9.91. The molecule has 2 aromatic rings. The minimum Gasteiger partial charge on any atom is -0.367 e. The molecule has 0 aromatic heterocycles. The molecule has 120 valence electrons. The van der Waals surface area contributed by atoms with Crippen LogP contribution >= 0.6 is 0 Å². The molecule has 1 heterocycles. The highest BCUT2D eigenvalue weighted by molar-refractivity contribution is 5.77. The third-order valence-electron chi connectivity index (χ3n) is 4.38. The van der Waals surface area contributed by atoms with Crippen molar-refractivity contribution in [2.75, 3.05) is 19.7 Å². The molecule has 1 atom stereocenters. The number of hydrogen-bond acceptors (Lipinski definition) is 2. The smallest absolute Gasteiger partial charge is 0.248 e. The van der Waals surface area contributed by atoms with Crippen LogP contribution in [0.2, 0.25) is 0 Å². The Morgan fingerprint density at radius 1 is 1.04 bits per heavy atom. The van der Waals surface area contributed by atoms with Gasteiger partial charge in [-0.2, -0.15) is 0 Å². The van der Waals surface area contributed by atoms with Crippen LogP contribution in [0.25, 0.3) is 0 Å². The lowest BCUT2D eigenvalue weighted by Crippen LogP contribution is -2.41. The summed E-state index contributed by atoms with van der Waals surface area (Å²) in [5.74, 6) is 0.546. The van der Waals surface area contributed by atoms with E-state index in [-0.39, 0.29) is 12.5 Å². The predicted molar refractivity (Wildman–Crippen MR) is 91.1 cm³/mol. The van der Waals surface area contributed by atoms with Crippen LogP contribution in [0.5, 0.6) is 0 Å². The van der Waals surface area contributed by atoms with Crippen molar-refractivity contribution in [2.45, 2.75) is 25.4 Å². The van der Waals surface area contributed by atoms with Gasteiger partial charge in [0.25, 0.3) is 0 Å². The molecular formula is C20H23NO2. The number of benzene rings is 2. The summed E-state index contributed by atoms with van der Waals surface area (Å²) in [5, 5.41) is 0. The minimum absolute atomic E-state index is 0.0987. The SMILES string of the molecule is O=C(COCc1ccccc1)N1CCCC(c2ccccc2)C1. The number of carbonyl (C=O) groups is 1. The molecule has 1 amide bonds. The average molecular weight is 309 g/mol. The molecule has 0 radical (unpaired) electrons. The van der Waals surface area contributed by atoms with Crippen molar-refractivity contribution in [3.63, 3.8) is 0 Å². The second-order valence-corrected chi connectivity index (χ2v) is 6.07. The number of hydrogen-bond donors (Lipinski definition) is 0. The van der Waals surface area contributed by atoms with Gasteiger partial charge in [0.2, 0.25) is 5.91 Å². The zero-order chi connectivity index (χ0) is 15.9. The van der Waals surface area contributed by atoms with E-state index in [1.54, 1.807) is 0 Å². The van der Waals surface area contributed by atoms with Crippen LogP contribution < -0.4 is 0 Å². The maximum atomic E-state index is 12.4. The van der Waals surface area contributed by atoms with E-state index in [0.29, 0.717) is 12.5 Å². The van der Waals surface area contributed by atoms with Gasteiger partial charge in [0.15, 0.2) is 0 Å². The number of ether oxygens (including phenoxy) is 1. The molecule has 1 unspecified atom stereocenters. The van der Waals surface area contributed by atoms with Gasteiger partial charge < -0.3 is 9.64 Å². The molecule has 0 saturated carbocycles. The first-order chi connectivity index (χ1) is 11.3. The van der Waals surface area contributed by atoms with E-state index in [1.807, 2.05) is 41.3 Å². The quantitative estimate of drug-likeness (QED) is 0.844. The van der Waals surface area contributed by atoms with Gasteiger partial charge in [0.1, 0.15) is 6.61 Å². The van der Waals surface area contributed by atoms with Crippen LogP contribution in [0.4, 0.5) is 0 Å². The monoisotopic (exact) mass is 309 g/mol. The van der Waals surface area contributed by atoms with Gasteiger partial charge in [-0.05, 0) is 24.0 Å². The molecule has 2 aromatic carbocycles. The fourth-order valence-corrected chi connectivity index (χ4v) is 3.12. The minimum atomic E-state index is 0.0987. The van der Waals surface area contributed by atoms with E-state index in [2.05, 4.69) is 24.3 Å². The Balaban J connectivity index is 1.49. The summed E-state index contributed by atoms with van der Waals surface area (Å²) in [6.07, 6.45) is 2.21. The van der Waals surface area contributed by atoms with E-state index in [1.165, 1.54) is 5.56 Å². The Labute approximate surface area is 137 Å². The van der Waals surface area contributed by atoms with Crippen LogP contribution in [-0.2, 0) is 16.1 Å². The molecule has 0 aliphatic carbocycles. The molecule has 23 heavy (non-hydrogen) atoms. The largest absolute Gasteiger partial charge is 0.367 e. The number of amides is 1. The van der Waals surface area contributed by atoms with E-state index < -0.39 is 0 Å². The van der Waals surface area contributed by atoms with Crippen molar-refractivity contribution in [2.24, 2.45) is 0 Å². The van der Waals surface area contributed by atoms with Crippen molar-refractivity contribution in [1.82, 2.24) is 4.90 Å². The summed E-state index contributed by atoms with van der Waals surface area (Å²) < 4.78 is 5.58. The number of nitrogens with zero attached hydrogens (tertiary/aromatic N) is 1.